The van der Waals surface area contributed by atoms with E-state index in [1.165, 1.54) is 12.1 Å². The predicted molar refractivity (Wildman–Crippen MR) is 95.9 cm³/mol. The largest absolute Gasteiger partial charge is 0.452 e. The minimum absolute atomic E-state index is 0.0650. The van der Waals surface area contributed by atoms with Crippen LogP contribution in [0, 0.1) is 0 Å². The van der Waals surface area contributed by atoms with E-state index in [2.05, 4.69) is 14.9 Å². The molecule has 0 aliphatic heterocycles. The molecule has 27 heavy (non-hydrogen) atoms. The molecule has 1 N–H and O–H groups in total. The van der Waals surface area contributed by atoms with Gasteiger partial charge in [-0.25, -0.2) is 8.42 Å². The monoisotopic (exact) mass is 387 g/mol. The first-order chi connectivity index (χ1) is 13.0. The van der Waals surface area contributed by atoms with E-state index in [9.17, 15) is 13.2 Å². The fourth-order valence-corrected chi connectivity index (χ4v) is 3.21. The lowest BCUT2D eigenvalue weighted by Gasteiger charge is -2.10. The zero-order valence-electron chi connectivity index (χ0n) is 14.4. The molecule has 2 aromatic carbocycles. The van der Waals surface area contributed by atoms with Gasteiger partial charge in [-0.1, -0.05) is 36.4 Å². The maximum Gasteiger partial charge on any atom is 0.321 e. The Morgan fingerprint density at radius 2 is 1.70 bits per heavy atom. The van der Waals surface area contributed by atoms with Crippen molar-refractivity contribution >= 4 is 16.0 Å². The van der Waals surface area contributed by atoms with Crippen LogP contribution in [0.2, 0.25) is 0 Å². The first-order valence-electron chi connectivity index (χ1n) is 8.09. The van der Waals surface area contributed by atoms with Crippen LogP contribution >= 0.6 is 0 Å². The van der Waals surface area contributed by atoms with Crippen LogP contribution < -0.4 is 4.72 Å². The zero-order chi connectivity index (χ0) is 19.3. The van der Waals surface area contributed by atoms with Gasteiger partial charge in [0.25, 0.3) is 5.89 Å². The number of hydrogen-bond donors (Lipinski definition) is 1. The molecule has 0 unspecified atom stereocenters. The van der Waals surface area contributed by atoms with E-state index in [1.807, 2.05) is 30.3 Å². The van der Waals surface area contributed by atoms with Gasteiger partial charge in [-0.2, -0.15) is 4.72 Å². The van der Waals surface area contributed by atoms with Gasteiger partial charge in [-0.05, 0) is 31.2 Å². The first kappa shape index (κ1) is 18.7. The standard InChI is InChI=1S/C18H17N3O5S/c1-13(17-20-21-18(26-17)14-8-4-2-5-9-14)25-16(22)12-19-27(23,24)15-10-6-3-7-11-15/h2-11,13,19H,12H2,1H3/t13-/m0/s1. The molecule has 0 amide bonds. The summed E-state index contributed by atoms with van der Waals surface area (Å²) in [6.45, 7) is 1.05. The van der Waals surface area contributed by atoms with Crippen molar-refractivity contribution < 1.29 is 22.4 Å². The highest BCUT2D eigenvalue weighted by molar-refractivity contribution is 7.89. The summed E-state index contributed by atoms with van der Waals surface area (Å²) in [5, 5.41) is 7.79. The van der Waals surface area contributed by atoms with Crippen LogP contribution in [0.4, 0.5) is 0 Å². The highest BCUT2D eigenvalue weighted by Crippen LogP contribution is 2.22. The molecule has 1 aromatic heterocycles. The van der Waals surface area contributed by atoms with E-state index in [4.69, 9.17) is 9.15 Å². The second-order valence-corrected chi connectivity index (χ2v) is 7.35. The van der Waals surface area contributed by atoms with Crippen LogP contribution in [0.25, 0.3) is 11.5 Å². The molecule has 1 heterocycles. The van der Waals surface area contributed by atoms with Gasteiger partial charge in [0, 0.05) is 5.56 Å². The van der Waals surface area contributed by atoms with Gasteiger partial charge in [0.1, 0.15) is 6.54 Å². The third kappa shape index (κ3) is 4.78. The summed E-state index contributed by atoms with van der Waals surface area (Å²) in [5.74, 6) is -0.340. The minimum Gasteiger partial charge on any atom is -0.452 e. The molecular weight excluding hydrogens is 370 g/mol. The van der Waals surface area contributed by atoms with Crippen molar-refractivity contribution in [1.29, 1.82) is 0 Å². The summed E-state index contributed by atoms with van der Waals surface area (Å²) >= 11 is 0. The van der Waals surface area contributed by atoms with Gasteiger partial charge >= 0.3 is 5.97 Å². The van der Waals surface area contributed by atoms with Crippen molar-refractivity contribution in [2.75, 3.05) is 6.54 Å². The van der Waals surface area contributed by atoms with Crippen molar-refractivity contribution in [3.8, 4) is 11.5 Å². The minimum atomic E-state index is -3.79. The number of nitrogens with one attached hydrogen (secondary N) is 1. The van der Waals surface area contributed by atoms with Gasteiger partial charge < -0.3 is 9.15 Å². The molecule has 3 rings (SSSR count). The van der Waals surface area contributed by atoms with Crippen molar-refractivity contribution in [3.63, 3.8) is 0 Å². The van der Waals surface area contributed by atoms with E-state index in [0.29, 0.717) is 5.89 Å². The van der Waals surface area contributed by atoms with Crippen molar-refractivity contribution in [2.24, 2.45) is 0 Å². The Hall–Kier alpha value is -3.04. The quantitative estimate of drug-likeness (QED) is 0.619. The molecule has 0 saturated heterocycles. The number of esters is 1. The van der Waals surface area contributed by atoms with Crippen LogP contribution in [-0.2, 0) is 19.6 Å². The van der Waals surface area contributed by atoms with Crippen molar-refractivity contribution in [1.82, 2.24) is 14.9 Å². The van der Waals surface area contributed by atoms with Crippen LogP contribution in [-0.4, -0.2) is 31.1 Å². The third-order valence-corrected chi connectivity index (χ3v) is 4.99. The number of carbonyl (C=O) groups is 1. The molecule has 8 nitrogen and oxygen atoms in total. The van der Waals surface area contributed by atoms with Gasteiger partial charge in [-0.15, -0.1) is 10.2 Å². The molecule has 0 bridgehead atoms. The number of aromatic nitrogens is 2. The lowest BCUT2D eigenvalue weighted by Crippen LogP contribution is -2.31. The van der Waals surface area contributed by atoms with Crippen LogP contribution in [0.5, 0.6) is 0 Å². The van der Waals surface area contributed by atoms with E-state index >= 15 is 0 Å². The summed E-state index contributed by atoms with van der Waals surface area (Å²) in [7, 11) is -3.79. The molecule has 0 aliphatic rings. The van der Waals surface area contributed by atoms with Crippen LogP contribution in [0.15, 0.2) is 70.0 Å². The van der Waals surface area contributed by atoms with E-state index < -0.39 is 28.6 Å². The topological polar surface area (TPSA) is 111 Å². The fraction of sp³-hybridized carbons (Fsp3) is 0.167. The van der Waals surface area contributed by atoms with Crippen molar-refractivity contribution in [3.05, 3.63) is 66.6 Å². The lowest BCUT2D eigenvalue weighted by atomic mass is 10.2. The highest BCUT2D eigenvalue weighted by Gasteiger charge is 2.21. The summed E-state index contributed by atoms with van der Waals surface area (Å²) in [6, 6.07) is 16.9. The van der Waals surface area contributed by atoms with Gasteiger partial charge in [0.15, 0.2) is 6.10 Å². The smallest absolute Gasteiger partial charge is 0.321 e. The summed E-state index contributed by atoms with van der Waals surface area (Å²) in [4.78, 5) is 12.0. The maximum atomic E-state index is 12.1. The maximum absolute atomic E-state index is 12.1. The number of ether oxygens (including phenoxy) is 1. The summed E-state index contributed by atoms with van der Waals surface area (Å²) in [5.41, 5.74) is 0.741. The van der Waals surface area contributed by atoms with Gasteiger partial charge in [0.2, 0.25) is 15.9 Å². The molecule has 3 aromatic rings. The lowest BCUT2D eigenvalue weighted by molar-refractivity contribution is -0.148. The molecule has 0 aliphatic carbocycles. The third-order valence-electron chi connectivity index (χ3n) is 3.58. The summed E-state index contributed by atoms with van der Waals surface area (Å²) < 4.78 is 37.0. The average Bonchev–Trinajstić information content (AvgIpc) is 3.18. The Kier molecular flexibility index (Phi) is 5.63. The molecule has 0 radical (unpaired) electrons. The second-order valence-electron chi connectivity index (χ2n) is 5.58. The fourth-order valence-electron chi connectivity index (χ4n) is 2.22. The molecule has 140 valence electrons. The normalized spacial score (nSPS) is 12.5. The second kappa shape index (κ2) is 8.11. The van der Waals surface area contributed by atoms with E-state index in [1.54, 1.807) is 25.1 Å². The highest BCUT2D eigenvalue weighted by atomic mass is 32.2. The number of sulfonamides is 1. The van der Waals surface area contributed by atoms with Crippen molar-refractivity contribution in [2.45, 2.75) is 17.9 Å². The average molecular weight is 387 g/mol. The first-order valence-corrected chi connectivity index (χ1v) is 9.57. The molecule has 0 saturated carbocycles. The van der Waals surface area contributed by atoms with Gasteiger partial charge in [0.05, 0.1) is 4.90 Å². The predicted octanol–water partition coefficient (Wildman–Crippen LogP) is 2.32. The Labute approximate surface area is 156 Å². The molecular formula is C18H17N3O5S. The molecule has 0 fully saturated rings. The number of nitrogens with zero attached hydrogens (tertiary/aromatic N) is 2. The number of benzene rings is 2. The molecule has 0 spiro atoms. The van der Waals surface area contributed by atoms with E-state index in [-0.39, 0.29) is 10.8 Å². The van der Waals surface area contributed by atoms with Crippen LogP contribution in [0.1, 0.15) is 18.9 Å². The molecule has 1 atom stereocenters. The van der Waals surface area contributed by atoms with E-state index in [0.717, 1.165) is 5.56 Å². The van der Waals surface area contributed by atoms with Crippen LogP contribution in [0.3, 0.4) is 0 Å². The number of carbonyl (C=O) groups excluding carboxylic acids is 1. The Balaban J connectivity index is 1.57. The number of hydrogen-bond acceptors (Lipinski definition) is 7. The van der Waals surface area contributed by atoms with Gasteiger partial charge in [-0.3, -0.25) is 4.79 Å². The Morgan fingerprint density at radius 1 is 1.07 bits per heavy atom. The Bertz CT molecular complexity index is 1000. The Morgan fingerprint density at radius 3 is 2.37 bits per heavy atom. The molecule has 9 heteroatoms. The zero-order valence-corrected chi connectivity index (χ0v) is 15.2. The number of rotatable bonds is 7. The summed E-state index contributed by atoms with van der Waals surface area (Å²) in [6.07, 6.45) is -0.816. The SMILES string of the molecule is C[C@H](OC(=O)CNS(=O)(=O)c1ccccc1)c1nnc(-c2ccccc2)o1.